The summed E-state index contributed by atoms with van der Waals surface area (Å²) in [6.45, 7) is 2.88. The maximum absolute atomic E-state index is 8.95. The van der Waals surface area contributed by atoms with Crippen molar-refractivity contribution in [2.24, 2.45) is 5.41 Å². The van der Waals surface area contributed by atoms with Crippen LogP contribution in [0, 0.1) is 16.7 Å². The first-order valence-corrected chi connectivity index (χ1v) is 4.90. The molecule has 0 amide bonds. The van der Waals surface area contributed by atoms with Crippen LogP contribution >= 0.6 is 0 Å². The third-order valence-electron chi connectivity index (χ3n) is 2.63. The quantitative estimate of drug-likeness (QED) is 0.657. The summed E-state index contributed by atoms with van der Waals surface area (Å²) >= 11 is 0. The highest BCUT2D eigenvalue weighted by Gasteiger charge is 2.44. The molecule has 0 unspecified atom stereocenters. The van der Waals surface area contributed by atoms with Gasteiger partial charge in [-0.3, -0.25) is 0 Å². The Kier molecular flexibility index (Phi) is 3.71. The molecule has 0 aromatic rings. The first-order valence-electron chi connectivity index (χ1n) is 4.90. The molecule has 0 saturated heterocycles. The zero-order valence-corrected chi connectivity index (χ0v) is 8.12. The van der Waals surface area contributed by atoms with Crippen molar-refractivity contribution < 1.29 is 9.84 Å². The first kappa shape index (κ1) is 10.5. The van der Waals surface area contributed by atoms with Gasteiger partial charge in [-0.2, -0.15) is 5.26 Å². The number of rotatable bonds is 5. The van der Waals surface area contributed by atoms with Crippen molar-refractivity contribution >= 4 is 0 Å². The van der Waals surface area contributed by atoms with E-state index in [9.17, 15) is 0 Å². The van der Waals surface area contributed by atoms with Gasteiger partial charge < -0.3 is 9.84 Å². The van der Waals surface area contributed by atoms with Crippen molar-refractivity contribution in [2.45, 2.75) is 38.7 Å². The maximum atomic E-state index is 8.95. The molecule has 0 radical (unpaired) electrons. The minimum Gasteiger partial charge on any atom is -0.395 e. The lowest BCUT2D eigenvalue weighted by molar-refractivity contribution is -0.0755. The Morgan fingerprint density at radius 2 is 2.31 bits per heavy atom. The second kappa shape index (κ2) is 4.59. The van der Waals surface area contributed by atoms with Gasteiger partial charge in [0.05, 0.1) is 24.2 Å². The molecule has 1 saturated carbocycles. The Morgan fingerprint density at radius 3 is 2.77 bits per heavy atom. The third-order valence-corrected chi connectivity index (χ3v) is 2.63. The fraction of sp³-hybridized carbons (Fsp3) is 0.900. The molecule has 0 aliphatic heterocycles. The van der Waals surface area contributed by atoms with Crippen LogP contribution in [-0.4, -0.2) is 24.4 Å². The molecule has 0 bridgehead atoms. The van der Waals surface area contributed by atoms with Crippen LogP contribution in [0.2, 0.25) is 0 Å². The zero-order chi connectivity index (χ0) is 9.73. The lowest BCUT2D eigenvalue weighted by Crippen LogP contribution is -2.44. The molecule has 1 aliphatic rings. The van der Waals surface area contributed by atoms with Gasteiger partial charge in [0.2, 0.25) is 0 Å². The molecule has 0 spiro atoms. The van der Waals surface area contributed by atoms with Crippen molar-refractivity contribution in [2.75, 3.05) is 13.2 Å². The van der Waals surface area contributed by atoms with Crippen molar-refractivity contribution in [1.29, 1.82) is 5.26 Å². The Labute approximate surface area is 79.3 Å². The second-order valence-electron chi connectivity index (χ2n) is 3.80. The number of unbranched alkanes of at least 4 members (excludes halogenated alkanes) is 1. The summed E-state index contributed by atoms with van der Waals surface area (Å²) in [5.41, 5.74) is -0.489. The van der Waals surface area contributed by atoms with E-state index in [2.05, 4.69) is 13.0 Å². The van der Waals surface area contributed by atoms with Crippen LogP contribution in [0.25, 0.3) is 0 Å². The van der Waals surface area contributed by atoms with E-state index in [0.29, 0.717) is 12.8 Å². The van der Waals surface area contributed by atoms with Gasteiger partial charge in [0.15, 0.2) is 0 Å². The summed E-state index contributed by atoms with van der Waals surface area (Å²) < 4.78 is 5.52. The summed E-state index contributed by atoms with van der Waals surface area (Å²) in [5.74, 6) is 0. The lowest BCUT2D eigenvalue weighted by Gasteiger charge is -2.40. The minimum absolute atomic E-state index is 0.0306. The molecule has 74 valence electrons. The molecule has 1 N–H and O–H groups in total. The van der Waals surface area contributed by atoms with Gasteiger partial charge >= 0.3 is 0 Å². The molecule has 13 heavy (non-hydrogen) atoms. The number of hydrogen-bond acceptors (Lipinski definition) is 3. The number of nitriles is 1. The summed E-state index contributed by atoms with van der Waals surface area (Å²) in [4.78, 5) is 0. The Hall–Kier alpha value is -0.590. The van der Waals surface area contributed by atoms with Crippen molar-refractivity contribution in [3.63, 3.8) is 0 Å². The van der Waals surface area contributed by atoms with Crippen molar-refractivity contribution in [3.05, 3.63) is 0 Å². The average Bonchev–Trinajstić information content (AvgIpc) is 2.10. The van der Waals surface area contributed by atoms with Gasteiger partial charge in [0.1, 0.15) is 0 Å². The van der Waals surface area contributed by atoms with Gasteiger partial charge in [-0.1, -0.05) is 13.3 Å². The highest BCUT2D eigenvalue weighted by Crippen LogP contribution is 2.41. The normalized spacial score (nSPS) is 32.2. The standard InChI is InChI=1S/C10H17NO2/c1-2-3-4-13-9-5-10(6-9,7-11)8-12/h9,12H,2-6,8H2,1H3. The predicted molar refractivity (Wildman–Crippen MR) is 49.0 cm³/mol. The van der Waals surface area contributed by atoms with Crippen LogP contribution in [0.5, 0.6) is 0 Å². The smallest absolute Gasteiger partial charge is 0.0853 e. The number of aliphatic hydroxyl groups excluding tert-OH is 1. The Morgan fingerprint density at radius 1 is 1.62 bits per heavy atom. The molecule has 3 nitrogen and oxygen atoms in total. The lowest BCUT2D eigenvalue weighted by atomic mass is 9.68. The van der Waals surface area contributed by atoms with Crippen LogP contribution in [0.15, 0.2) is 0 Å². The van der Waals surface area contributed by atoms with Crippen LogP contribution in [0.4, 0.5) is 0 Å². The Bertz CT molecular complexity index is 192. The van der Waals surface area contributed by atoms with E-state index in [-0.39, 0.29) is 12.7 Å². The van der Waals surface area contributed by atoms with E-state index in [4.69, 9.17) is 15.1 Å². The summed E-state index contributed by atoms with van der Waals surface area (Å²) in [6.07, 6.45) is 3.82. The second-order valence-corrected chi connectivity index (χ2v) is 3.80. The van der Waals surface area contributed by atoms with Crippen molar-refractivity contribution in [1.82, 2.24) is 0 Å². The molecule has 0 atom stereocenters. The van der Waals surface area contributed by atoms with E-state index < -0.39 is 5.41 Å². The number of nitrogens with zero attached hydrogens (tertiary/aromatic N) is 1. The number of ether oxygens (including phenoxy) is 1. The predicted octanol–water partition coefficient (Wildman–Crippen LogP) is 1.47. The first-order chi connectivity index (χ1) is 6.26. The fourth-order valence-electron chi connectivity index (χ4n) is 1.58. The molecule has 0 heterocycles. The van der Waals surface area contributed by atoms with Gasteiger partial charge in [-0.15, -0.1) is 0 Å². The van der Waals surface area contributed by atoms with Crippen molar-refractivity contribution in [3.8, 4) is 6.07 Å². The molecule has 1 rings (SSSR count). The Balaban J connectivity index is 2.14. The molecule has 0 aromatic carbocycles. The van der Waals surface area contributed by atoms with E-state index in [1.54, 1.807) is 0 Å². The van der Waals surface area contributed by atoms with Crippen LogP contribution in [0.1, 0.15) is 32.6 Å². The zero-order valence-electron chi connectivity index (χ0n) is 8.12. The molecular formula is C10H17NO2. The highest BCUT2D eigenvalue weighted by atomic mass is 16.5. The van der Waals surface area contributed by atoms with Crippen LogP contribution in [0.3, 0.4) is 0 Å². The number of aliphatic hydroxyl groups is 1. The molecule has 1 fully saturated rings. The monoisotopic (exact) mass is 183 g/mol. The largest absolute Gasteiger partial charge is 0.395 e. The summed E-state index contributed by atoms with van der Waals surface area (Å²) in [7, 11) is 0. The summed E-state index contributed by atoms with van der Waals surface area (Å²) in [6, 6.07) is 2.15. The molecule has 1 aliphatic carbocycles. The van der Waals surface area contributed by atoms with Crippen LogP contribution < -0.4 is 0 Å². The van der Waals surface area contributed by atoms with E-state index in [1.165, 1.54) is 0 Å². The number of hydrogen-bond donors (Lipinski definition) is 1. The summed E-state index contributed by atoms with van der Waals surface area (Å²) in [5, 5.41) is 17.7. The van der Waals surface area contributed by atoms with Gasteiger partial charge in [-0.05, 0) is 19.3 Å². The third kappa shape index (κ3) is 2.43. The molecular weight excluding hydrogens is 166 g/mol. The van der Waals surface area contributed by atoms with E-state index in [0.717, 1.165) is 19.4 Å². The molecule has 0 aromatic heterocycles. The van der Waals surface area contributed by atoms with Gasteiger partial charge in [-0.25, -0.2) is 0 Å². The topological polar surface area (TPSA) is 53.2 Å². The minimum atomic E-state index is -0.489. The van der Waals surface area contributed by atoms with Gasteiger partial charge in [0.25, 0.3) is 0 Å². The fourth-order valence-corrected chi connectivity index (χ4v) is 1.58. The van der Waals surface area contributed by atoms with E-state index >= 15 is 0 Å². The van der Waals surface area contributed by atoms with E-state index in [1.807, 2.05) is 0 Å². The maximum Gasteiger partial charge on any atom is 0.0853 e. The van der Waals surface area contributed by atoms with Gasteiger partial charge in [0, 0.05) is 6.61 Å². The van der Waals surface area contributed by atoms with Crippen LogP contribution in [-0.2, 0) is 4.74 Å². The average molecular weight is 183 g/mol. The molecule has 3 heteroatoms. The highest BCUT2D eigenvalue weighted by molar-refractivity contribution is 5.08. The SMILES string of the molecule is CCCCOC1CC(C#N)(CO)C1.